The Balaban J connectivity index is 2.41. The molecule has 106 valence electrons. The molecule has 0 heterocycles. The Kier molecular flexibility index (Phi) is 4.20. The van der Waals surface area contributed by atoms with E-state index in [-0.39, 0.29) is 0 Å². The van der Waals surface area contributed by atoms with E-state index in [0.717, 1.165) is 27.7 Å². The number of alkyl halides is 3. The minimum atomic E-state index is -4.36. The Morgan fingerprint density at radius 1 is 1.10 bits per heavy atom. The second-order valence-electron chi connectivity index (χ2n) is 4.63. The van der Waals surface area contributed by atoms with Crippen molar-refractivity contribution in [3.05, 3.63) is 69.2 Å². The SMILES string of the molecule is Cc1ccc(C(N)c2cccc(C(F)(F)F)c2)c(Br)c1. The van der Waals surface area contributed by atoms with Gasteiger partial charge in [0, 0.05) is 4.47 Å². The third-order valence-electron chi connectivity index (χ3n) is 3.06. The first kappa shape index (κ1) is 15.1. The van der Waals surface area contributed by atoms with Crippen LogP contribution in [0.3, 0.4) is 0 Å². The number of benzene rings is 2. The van der Waals surface area contributed by atoms with Crippen LogP contribution in [0.2, 0.25) is 0 Å². The molecule has 0 aromatic heterocycles. The van der Waals surface area contributed by atoms with Gasteiger partial charge in [0.25, 0.3) is 0 Å². The van der Waals surface area contributed by atoms with Crippen LogP contribution in [0.25, 0.3) is 0 Å². The third-order valence-corrected chi connectivity index (χ3v) is 3.75. The smallest absolute Gasteiger partial charge is 0.320 e. The molecule has 1 nitrogen and oxygen atoms in total. The van der Waals surface area contributed by atoms with Gasteiger partial charge in [-0.15, -0.1) is 0 Å². The van der Waals surface area contributed by atoms with Crippen LogP contribution in [-0.4, -0.2) is 0 Å². The molecule has 2 N–H and O–H groups in total. The molecule has 5 heteroatoms. The number of hydrogen-bond acceptors (Lipinski definition) is 1. The van der Waals surface area contributed by atoms with Crippen molar-refractivity contribution in [2.45, 2.75) is 19.1 Å². The predicted molar refractivity (Wildman–Crippen MR) is 76.4 cm³/mol. The molecule has 1 unspecified atom stereocenters. The first-order chi connectivity index (χ1) is 9.29. The van der Waals surface area contributed by atoms with Gasteiger partial charge in [-0.1, -0.05) is 40.2 Å². The fourth-order valence-electron chi connectivity index (χ4n) is 1.97. The lowest BCUT2D eigenvalue weighted by Gasteiger charge is -2.16. The highest BCUT2D eigenvalue weighted by molar-refractivity contribution is 9.10. The molecular weight excluding hydrogens is 331 g/mol. The van der Waals surface area contributed by atoms with Crippen LogP contribution in [0, 0.1) is 6.92 Å². The van der Waals surface area contributed by atoms with Gasteiger partial charge in [-0.2, -0.15) is 13.2 Å². The molecule has 0 bridgehead atoms. The van der Waals surface area contributed by atoms with Crippen LogP contribution in [-0.2, 0) is 6.18 Å². The summed E-state index contributed by atoms with van der Waals surface area (Å²) in [5, 5.41) is 0. The fraction of sp³-hybridized carbons (Fsp3) is 0.200. The van der Waals surface area contributed by atoms with Gasteiger partial charge in [-0.25, -0.2) is 0 Å². The number of nitrogens with two attached hydrogens (primary N) is 1. The summed E-state index contributed by atoms with van der Waals surface area (Å²) < 4.78 is 38.9. The first-order valence-electron chi connectivity index (χ1n) is 5.98. The van der Waals surface area contributed by atoms with E-state index in [0.29, 0.717) is 5.56 Å². The van der Waals surface area contributed by atoms with E-state index in [4.69, 9.17) is 5.73 Å². The van der Waals surface area contributed by atoms with Gasteiger partial charge in [0.15, 0.2) is 0 Å². The van der Waals surface area contributed by atoms with Crippen LogP contribution in [0.4, 0.5) is 13.2 Å². The molecule has 0 saturated carbocycles. The monoisotopic (exact) mass is 343 g/mol. The lowest BCUT2D eigenvalue weighted by Crippen LogP contribution is -2.14. The predicted octanol–water partition coefficient (Wildman–Crippen LogP) is 4.82. The van der Waals surface area contributed by atoms with E-state index in [2.05, 4.69) is 15.9 Å². The average Bonchev–Trinajstić information content (AvgIpc) is 2.37. The van der Waals surface area contributed by atoms with E-state index in [1.807, 2.05) is 25.1 Å². The third kappa shape index (κ3) is 3.22. The maximum atomic E-state index is 12.7. The summed E-state index contributed by atoms with van der Waals surface area (Å²) in [6.45, 7) is 1.93. The highest BCUT2D eigenvalue weighted by Gasteiger charge is 2.30. The van der Waals surface area contributed by atoms with Gasteiger partial charge in [0.2, 0.25) is 0 Å². The summed E-state index contributed by atoms with van der Waals surface area (Å²) in [6, 6.07) is 10.1. The molecule has 2 aromatic carbocycles. The van der Waals surface area contributed by atoms with Crippen molar-refractivity contribution in [2.24, 2.45) is 5.73 Å². The summed E-state index contributed by atoms with van der Waals surface area (Å²) >= 11 is 3.40. The highest BCUT2D eigenvalue weighted by Crippen LogP contribution is 2.33. The van der Waals surface area contributed by atoms with Crippen molar-refractivity contribution in [3.63, 3.8) is 0 Å². The summed E-state index contributed by atoms with van der Waals surface area (Å²) in [5.74, 6) is 0. The molecule has 2 aromatic rings. The van der Waals surface area contributed by atoms with Crippen LogP contribution in [0.1, 0.15) is 28.3 Å². The molecule has 0 aliphatic rings. The van der Waals surface area contributed by atoms with Gasteiger partial charge in [0.1, 0.15) is 0 Å². The highest BCUT2D eigenvalue weighted by atomic mass is 79.9. The molecular formula is C15H13BrF3N. The van der Waals surface area contributed by atoms with Crippen molar-refractivity contribution in [1.82, 2.24) is 0 Å². The molecule has 0 fully saturated rings. The Labute approximate surface area is 123 Å². The molecule has 0 aliphatic heterocycles. The van der Waals surface area contributed by atoms with Crippen molar-refractivity contribution in [3.8, 4) is 0 Å². The van der Waals surface area contributed by atoms with Crippen LogP contribution < -0.4 is 5.73 Å². The van der Waals surface area contributed by atoms with Crippen molar-refractivity contribution < 1.29 is 13.2 Å². The minimum absolute atomic E-state index is 0.435. The molecule has 0 saturated heterocycles. The van der Waals surface area contributed by atoms with Gasteiger partial charge in [-0.05, 0) is 41.8 Å². The topological polar surface area (TPSA) is 26.0 Å². The zero-order valence-corrected chi connectivity index (χ0v) is 12.3. The lowest BCUT2D eigenvalue weighted by atomic mass is 9.97. The number of rotatable bonds is 2. The van der Waals surface area contributed by atoms with E-state index in [1.54, 1.807) is 6.07 Å². The van der Waals surface area contributed by atoms with Crippen molar-refractivity contribution in [1.29, 1.82) is 0 Å². The maximum absolute atomic E-state index is 12.7. The second kappa shape index (κ2) is 5.58. The van der Waals surface area contributed by atoms with Gasteiger partial charge in [-0.3, -0.25) is 0 Å². The number of aryl methyl sites for hydroxylation is 1. The van der Waals surface area contributed by atoms with Gasteiger partial charge in [0.05, 0.1) is 11.6 Å². The van der Waals surface area contributed by atoms with Crippen molar-refractivity contribution in [2.75, 3.05) is 0 Å². The first-order valence-corrected chi connectivity index (χ1v) is 6.77. The van der Waals surface area contributed by atoms with Crippen molar-refractivity contribution >= 4 is 15.9 Å². The van der Waals surface area contributed by atoms with Crippen LogP contribution >= 0.6 is 15.9 Å². The molecule has 20 heavy (non-hydrogen) atoms. The molecule has 2 rings (SSSR count). The Bertz CT molecular complexity index is 623. The maximum Gasteiger partial charge on any atom is 0.416 e. The number of halogens is 4. The standard InChI is InChI=1S/C15H13BrF3N/c1-9-5-6-12(13(16)7-9)14(20)10-3-2-4-11(8-10)15(17,18)19/h2-8,14H,20H2,1H3. The van der Waals surface area contributed by atoms with Gasteiger partial charge >= 0.3 is 6.18 Å². The van der Waals surface area contributed by atoms with E-state index >= 15 is 0 Å². The molecule has 0 radical (unpaired) electrons. The summed E-state index contributed by atoms with van der Waals surface area (Å²) in [5.41, 5.74) is 7.64. The summed E-state index contributed by atoms with van der Waals surface area (Å²) in [6.07, 6.45) is -4.36. The van der Waals surface area contributed by atoms with E-state index in [1.165, 1.54) is 6.07 Å². The van der Waals surface area contributed by atoms with E-state index < -0.39 is 17.8 Å². The Hall–Kier alpha value is -1.33. The van der Waals surface area contributed by atoms with E-state index in [9.17, 15) is 13.2 Å². The second-order valence-corrected chi connectivity index (χ2v) is 5.48. The zero-order valence-electron chi connectivity index (χ0n) is 10.7. The van der Waals surface area contributed by atoms with Gasteiger partial charge < -0.3 is 5.73 Å². The Morgan fingerprint density at radius 2 is 1.80 bits per heavy atom. The normalized spacial score (nSPS) is 13.3. The molecule has 0 aliphatic carbocycles. The Morgan fingerprint density at radius 3 is 2.40 bits per heavy atom. The fourth-order valence-corrected chi connectivity index (χ4v) is 2.71. The van der Waals surface area contributed by atoms with Crippen LogP contribution in [0.5, 0.6) is 0 Å². The largest absolute Gasteiger partial charge is 0.416 e. The molecule has 0 spiro atoms. The molecule has 0 amide bonds. The minimum Gasteiger partial charge on any atom is -0.320 e. The summed E-state index contributed by atoms with van der Waals surface area (Å²) in [4.78, 5) is 0. The van der Waals surface area contributed by atoms with Crippen LogP contribution in [0.15, 0.2) is 46.9 Å². The summed E-state index contributed by atoms with van der Waals surface area (Å²) in [7, 11) is 0. The number of hydrogen-bond donors (Lipinski definition) is 1. The zero-order chi connectivity index (χ0) is 14.9. The lowest BCUT2D eigenvalue weighted by molar-refractivity contribution is -0.137. The average molecular weight is 344 g/mol. The molecule has 1 atom stereocenters. The quantitative estimate of drug-likeness (QED) is 0.830.